The van der Waals surface area contributed by atoms with Gasteiger partial charge in [-0.05, 0) is 19.4 Å². The van der Waals surface area contributed by atoms with Crippen LogP contribution in [-0.2, 0) is 44.7 Å². The van der Waals surface area contributed by atoms with Gasteiger partial charge in [0, 0.05) is 20.0 Å². The Kier molecular flexibility index (Phi) is 9.74. The summed E-state index contributed by atoms with van der Waals surface area (Å²) in [5.41, 5.74) is 0.840. The first-order valence-electron chi connectivity index (χ1n) is 8.42. The second-order valence-electron chi connectivity index (χ2n) is 5.76. The zero-order valence-corrected chi connectivity index (χ0v) is 15.6. The Morgan fingerprint density at radius 1 is 1.00 bits per heavy atom. The SMILES string of the molecule is COC(C)C(=O)OCC(=O)OC(CCC(=O)OCc1ccccc1)C(C)=O. The summed E-state index contributed by atoms with van der Waals surface area (Å²) in [6, 6.07) is 9.14. The summed E-state index contributed by atoms with van der Waals surface area (Å²) in [7, 11) is 1.33. The lowest BCUT2D eigenvalue weighted by Crippen LogP contribution is -2.30. The zero-order valence-electron chi connectivity index (χ0n) is 15.6. The summed E-state index contributed by atoms with van der Waals surface area (Å²) in [6.45, 7) is 2.19. The maximum absolute atomic E-state index is 11.8. The summed E-state index contributed by atoms with van der Waals surface area (Å²) >= 11 is 0. The zero-order chi connectivity index (χ0) is 20.2. The topological polar surface area (TPSA) is 105 Å². The van der Waals surface area contributed by atoms with Crippen LogP contribution in [0.15, 0.2) is 30.3 Å². The monoisotopic (exact) mass is 380 g/mol. The third-order valence-electron chi connectivity index (χ3n) is 3.60. The van der Waals surface area contributed by atoms with Crippen molar-refractivity contribution in [2.75, 3.05) is 13.7 Å². The van der Waals surface area contributed by atoms with Crippen molar-refractivity contribution >= 4 is 23.7 Å². The average Bonchev–Trinajstić information content (AvgIpc) is 2.67. The Morgan fingerprint density at radius 3 is 2.26 bits per heavy atom. The molecule has 1 aromatic rings. The number of carbonyl (C=O) groups excluding carboxylic acids is 4. The number of rotatable bonds is 11. The minimum Gasteiger partial charge on any atom is -0.461 e. The molecule has 0 radical (unpaired) electrons. The van der Waals surface area contributed by atoms with E-state index in [1.807, 2.05) is 30.3 Å². The molecule has 0 aromatic heterocycles. The minimum absolute atomic E-state index is 0.0167. The molecule has 0 saturated carbocycles. The standard InChI is InChI=1S/C19H24O8/c1-13(20)16(27-18(22)12-26-19(23)14(2)24-3)9-10-17(21)25-11-15-7-5-4-6-8-15/h4-8,14,16H,9-12H2,1-3H3. The van der Waals surface area contributed by atoms with Crippen LogP contribution in [0.5, 0.6) is 0 Å². The van der Waals surface area contributed by atoms with Crippen LogP contribution in [0.4, 0.5) is 0 Å². The van der Waals surface area contributed by atoms with Gasteiger partial charge in [-0.25, -0.2) is 9.59 Å². The maximum Gasteiger partial charge on any atom is 0.344 e. The van der Waals surface area contributed by atoms with Gasteiger partial charge in [0.15, 0.2) is 24.6 Å². The highest BCUT2D eigenvalue weighted by Crippen LogP contribution is 2.08. The molecule has 0 spiro atoms. The summed E-state index contributed by atoms with van der Waals surface area (Å²) in [5, 5.41) is 0. The number of ether oxygens (including phenoxy) is 4. The number of methoxy groups -OCH3 is 1. The lowest BCUT2D eigenvalue weighted by Gasteiger charge is -2.15. The van der Waals surface area contributed by atoms with Crippen molar-refractivity contribution in [2.24, 2.45) is 0 Å². The number of hydrogen-bond acceptors (Lipinski definition) is 8. The number of hydrogen-bond donors (Lipinski definition) is 0. The molecule has 1 aromatic carbocycles. The predicted molar refractivity (Wildman–Crippen MR) is 93.5 cm³/mol. The summed E-state index contributed by atoms with van der Waals surface area (Å²) in [4.78, 5) is 46.5. The molecular weight excluding hydrogens is 356 g/mol. The maximum atomic E-state index is 11.8. The molecule has 27 heavy (non-hydrogen) atoms. The van der Waals surface area contributed by atoms with Gasteiger partial charge in [0.1, 0.15) is 6.61 Å². The van der Waals surface area contributed by atoms with Crippen molar-refractivity contribution in [3.8, 4) is 0 Å². The van der Waals surface area contributed by atoms with Gasteiger partial charge in [-0.2, -0.15) is 0 Å². The van der Waals surface area contributed by atoms with E-state index in [2.05, 4.69) is 0 Å². The van der Waals surface area contributed by atoms with Crippen molar-refractivity contribution in [3.63, 3.8) is 0 Å². The molecule has 1 rings (SSSR count). The molecule has 0 amide bonds. The van der Waals surface area contributed by atoms with Gasteiger partial charge in [0.25, 0.3) is 0 Å². The molecule has 0 N–H and O–H groups in total. The van der Waals surface area contributed by atoms with Crippen molar-refractivity contribution in [1.29, 1.82) is 0 Å². The third-order valence-corrected chi connectivity index (χ3v) is 3.60. The van der Waals surface area contributed by atoms with E-state index in [0.717, 1.165) is 5.56 Å². The molecular formula is C19H24O8. The van der Waals surface area contributed by atoms with E-state index in [1.54, 1.807) is 0 Å². The van der Waals surface area contributed by atoms with Gasteiger partial charge in [-0.1, -0.05) is 30.3 Å². The van der Waals surface area contributed by atoms with Crippen molar-refractivity contribution in [3.05, 3.63) is 35.9 Å². The molecule has 0 aliphatic rings. The number of benzene rings is 1. The fraction of sp³-hybridized carbons (Fsp3) is 0.474. The number of carbonyl (C=O) groups is 4. The van der Waals surface area contributed by atoms with E-state index in [-0.39, 0.29) is 19.4 Å². The van der Waals surface area contributed by atoms with Gasteiger partial charge in [0.05, 0.1) is 0 Å². The molecule has 0 fully saturated rings. The Morgan fingerprint density at radius 2 is 1.67 bits per heavy atom. The molecule has 148 valence electrons. The van der Waals surface area contributed by atoms with Gasteiger partial charge in [0.2, 0.25) is 0 Å². The molecule has 2 atom stereocenters. The number of esters is 3. The van der Waals surface area contributed by atoms with Gasteiger partial charge in [-0.3, -0.25) is 9.59 Å². The van der Waals surface area contributed by atoms with E-state index in [0.29, 0.717) is 0 Å². The first-order valence-corrected chi connectivity index (χ1v) is 8.42. The van der Waals surface area contributed by atoms with Gasteiger partial charge in [-0.15, -0.1) is 0 Å². The molecule has 2 unspecified atom stereocenters. The van der Waals surface area contributed by atoms with Crippen molar-refractivity contribution in [1.82, 2.24) is 0 Å². The van der Waals surface area contributed by atoms with Crippen LogP contribution in [0.2, 0.25) is 0 Å². The van der Waals surface area contributed by atoms with E-state index in [4.69, 9.17) is 18.9 Å². The lowest BCUT2D eigenvalue weighted by atomic mass is 10.1. The highest BCUT2D eigenvalue weighted by Gasteiger charge is 2.22. The van der Waals surface area contributed by atoms with Crippen LogP contribution >= 0.6 is 0 Å². The highest BCUT2D eigenvalue weighted by atomic mass is 16.6. The lowest BCUT2D eigenvalue weighted by molar-refractivity contribution is -0.169. The molecule has 0 aliphatic carbocycles. The second-order valence-corrected chi connectivity index (χ2v) is 5.76. The first-order chi connectivity index (χ1) is 12.8. The smallest absolute Gasteiger partial charge is 0.344 e. The molecule has 8 heteroatoms. The molecule has 0 heterocycles. The number of Topliss-reactive ketones (excluding diaryl/α,β-unsaturated/α-hetero) is 1. The van der Waals surface area contributed by atoms with Gasteiger partial charge >= 0.3 is 17.9 Å². The molecule has 8 nitrogen and oxygen atoms in total. The van der Waals surface area contributed by atoms with Crippen LogP contribution in [0.25, 0.3) is 0 Å². The van der Waals surface area contributed by atoms with Crippen LogP contribution in [0.3, 0.4) is 0 Å². The Labute approximate surface area is 157 Å². The predicted octanol–water partition coefficient (Wildman–Crippen LogP) is 1.59. The largest absolute Gasteiger partial charge is 0.461 e. The fourth-order valence-electron chi connectivity index (χ4n) is 1.94. The van der Waals surface area contributed by atoms with Crippen LogP contribution < -0.4 is 0 Å². The third kappa shape index (κ3) is 8.96. The quantitative estimate of drug-likeness (QED) is 0.421. The number of ketones is 1. The Balaban J connectivity index is 2.38. The summed E-state index contributed by atoms with van der Waals surface area (Å²) in [6.07, 6.45) is -2.04. The van der Waals surface area contributed by atoms with Crippen LogP contribution in [0, 0.1) is 0 Å². The van der Waals surface area contributed by atoms with E-state index >= 15 is 0 Å². The van der Waals surface area contributed by atoms with Gasteiger partial charge < -0.3 is 18.9 Å². The van der Waals surface area contributed by atoms with E-state index in [1.165, 1.54) is 21.0 Å². The van der Waals surface area contributed by atoms with Crippen LogP contribution in [-0.4, -0.2) is 49.6 Å². The highest BCUT2D eigenvalue weighted by molar-refractivity contribution is 5.85. The molecule has 0 bridgehead atoms. The minimum atomic E-state index is -1.11. The first kappa shape index (κ1) is 22.3. The molecule has 0 aliphatic heterocycles. The Bertz CT molecular complexity index is 640. The average molecular weight is 380 g/mol. The summed E-state index contributed by atoms with van der Waals surface area (Å²) < 4.78 is 19.5. The second kappa shape index (κ2) is 11.8. The fourth-order valence-corrected chi connectivity index (χ4v) is 1.94. The van der Waals surface area contributed by atoms with Crippen LogP contribution in [0.1, 0.15) is 32.3 Å². The van der Waals surface area contributed by atoms with E-state index < -0.39 is 42.5 Å². The molecule has 0 saturated heterocycles. The Hall–Kier alpha value is -2.74. The normalized spacial score (nSPS) is 12.6. The summed E-state index contributed by atoms with van der Waals surface area (Å²) in [5.74, 6) is -2.54. The van der Waals surface area contributed by atoms with E-state index in [9.17, 15) is 19.2 Å². The van der Waals surface area contributed by atoms with Crippen molar-refractivity contribution in [2.45, 2.75) is 45.5 Å². The van der Waals surface area contributed by atoms with Crippen molar-refractivity contribution < 1.29 is 38.1 Å².